The summed E-state index contributed by atoms with van der Waals surface area (Å²) < 4.78 is 4.71. The van der Waals surface area contributed by atoms with Crippen LogP contribution in [0.15, 0.2) is 212 Å². The molecule has 0 saturated heterocycles. The van der Waals surface area contributed by atoms with Crippen molar-refractivity contribution in [1.82, 2.24) is 14.1 Å². The molecule has 11 rings (SSSR count). The van der Waals surface area contributed by atoms with Crippen LogP contribution >= 0.6 is 0 Å². The van der Waals surface area contributed by atoms with E-state index >= 15 is 0 Å². The van der Waals surface area contributed by atoms with Gasteiger partial charge in [-0.15, -0.1) is 0 Å². The fourth-order valence-electron chi connectivity index (χ4n) is 8.51. The molecule has 3 heteroatoms. The molecule has 0 saturated carbocycles. The summed E-state index contributed by atoms with van der Waals surface area (Å²) >= 11 is 0. The van der Waals surface area contributed by atoms with Crippen molar-refractivity contribution >= 4 is 43.5 Å². The lowest BCUT2D eigenvalue weighted by molar-refractivity contribution is 1.10. The van der Waals surface area contributed by atoms with Gasteiger partial charge >= 0.3 is 0 Å². The van der Waals surface area contributed by atoms with Crippen LogP contribution in [0.1, 0.15) is 0 Å². The van der Waals surface area contributed by atoms with Crippen LogP contribution < -0.4 is 0 Å². The van der Waals surface area contributed by atoms with Crippen LogP contribution in [0.25, 0.3) is 99.8 Å². The van der Waals surface area contributed by atoms with Crippen LogP contribution in [0.2, 0.25) is 0 Å². The molecule has 0 aliphatic heterocycles. The summed E-state index contributed by atoms with van der Waals surface area (Å²) in [6, 6.07) is 76.4. The maximum absolute atomic E-state index is 5.15. The highest BCUT2D eigenvalue weighted by molar-refractivity contribution is 6.19. The largest absolute Gasteiger partial charge is 0.309 e. The highest BCUT2D eigenvalue weighted by Crippen LogP contribution is 2.46. The highest BCUT2D eigenvalue weighted by Gasteiger charge is 2.24. The first-order valence-corrected chi connectivity index (χ1v) is 19.1. The molecule has 2 heterocycles. The minimum absolute atomic E-state index is 0.919. The van der Waals surface area contributed by atoms with Gasteiger partial charge in [0.2, 0.25) is 0 Å². The van der Waals surface area contributed by atoms with Crippen molar-refractivity contribution in [2.75, 3.05) is 0 Å². The van der Waals surface area contributed by atoms with Gasteiger partial charge in [-0.05, 0) is 111 Å². The molecule has 0 bridgehead atoms. The van der Waals surface area contributed by atoms with Crippen LogP contribution in [0.4, 0.5) is 0 Å². The molecule has 9 aromatic carbocycles. The fourth-order valence-corrected chi connectivity index (χ4v) is 8.51. The molecule has 262 valence electrons. The number of fused-ring (bicyclic) bond motifs is 5. The third kappa shape index (κ3) is 5.25. The lowest BCUT2D eigenvalue weighted by Gasteiger charge is -2.14. The Balaban J connectivity index is 1.14. The average molecular weight is 714 g/mol. The van der Waals surface area contributed by atoms with E-state index in [-0.39, 0.29) is 0 Å². The summed E-state index contributed by atoms with van der Waals surface area (Å²) in [7, 11) is 0. The van der Waals surface area contributed by atoms with Crippen molar-refractivity contribution < 1.29 is 0 Å². The third-order valence-corrected chi connectivity index (χ3v) is 11.1. The molecule has 0 N–H and O–H groups in total. The smallest absolute Gasteiger partial charge is 0.145 e. The maximum Gasteiger partial charge on any atom is 0.145 e. The topological polar surface area (TPSA) is 22.8 Å². The van der Waals surface area contributed by atoms with Gasteiger partial charge in [0.15, 0.2) is 0 Å². The van der Waals surface area contributed by atoms with Crippen molar-refractivity contribution in [3.63, 3.8) is 0 Å². The van der Waals surface area contributed by atoms with E-state index in [1.54, 1.807) is 0 Å². The molecule has 56 heavy (non-hydrogen) atoms. The Hall–Kier alpha value is -7.49. The zero-order valence-electron chi connectivity index (χ0n) is 30.5. The van der Waals surface area contributed by atoms with Crippen molar-refractivity contribution in [2.24, 2.45) is 0 Å². The van der Waals surface area contributed by atoms with Crippen molar-refractivity contribution in [3.05, 3.63) is 212 Å². The Bertz CT molecular complexity index is 3210. The molecule has 0 aliphatic rings. The molecule has 0 unspecified atom stereocenters. The monoisotopic (exact) mass is 713 g/mol. The van der Waals surface area contributed by atoms with Crippen molar-refractivity contribution in [1.29, 1.82) is 0 Å². The van der Waals surface area contributed by atoms with E-state index in [1.807, 2.05) is 0 Å². The predicted molar refractivity (Wildman–Crippen MR) is 235 cm³/mol. The van der Waals surface area contributed by atoms with Gasteiger partial charge in [-0.3, -0.25) is 4.57 Å². The molecule has 2 aromatic heterocycles. The van der Waals surface area contributed by atoms with Crippen LogP contribution in [0.5, 0.6) is 0 Å². The standard InChI is InChI=1S/C53H35N3/c1-4-15-37(16-5-1)50-51-46-32-28-42(41-25-24-36-14-10-11-19-40(36)34-41)35-43(46)29-33-49(51)55(52(50)38-17-6-2-7-18-38)45-30-26-39(27-31-45)53-54-47-22-12-13-23-48(47)56(53)44-20-8-3-9-21-44/h1-35H. The molecular formula is C53H35N3. The van der Waals surface area contributed by atoms with Crippen LogP contribution in [0.3, 0.4) is 0 Å². The van der Waals surface area contributed by atoms with E-state index < -0.39 is 0 Å². The molecule has 0 atom stereocenters. The second kappa shape index (κ2) is 13.1. The molecule has 0 aliphatic carbocycles. The molecule has 0 radical (unpaired) electrons. The SMILES string of the molecule is c1ccc(-c2c(-c3ccccc3)n(-c3ccc(-c4nc5ccccc5n4-c4ccccc4)cc3)c3ccc4cc(-c5ccc6ccccc6c5)ccc4c23)cc1. The van der Waals surface area contributed by atoms with Gasteiger partial charge < -0.3 is 4.57 Å². The van der Waals surface area contributed by atoms with Crippen molar-refractivity contribution in [3.8, 4) is 56.3 Å². The van der Waals surface area contributed by atoms with E-state index in [0.717, 1.165) is 39.3 Å². The Morgan fingerprint density at radius 2 is 0.911 bits per heavy atom. The van der Waals surface area contributed by atoms with E-state index in [1.165, 1.54) is 60.4 Å². The number of hydrogen-bond acceptors (Lipinski definition) is 1. The highest BCUT2D eigenvalue weighted by atomic mass is 15.1. The first-order valence-electron chi connectivity index (χ1n) is 19.1. The van der Waals surface area contributed by atoms with E-state index in [9.17, 15) is 0 Å². The molecule has 0 amide bonds. The Morgan fingerprint density at radius 3 is 1.68 bits per heavy atom. The molecule has 11 aromatic rings. The maximum atomic E-state index is 5.15. The Morgan fingerprint density at radius 1 is 0.339 bits per heavy atom. The van der Waals surface area contributed by atoms with E-state index in [2.05, 4.69) is 221 Å². The molecule has 0 fully saturated rings. The number of benzene rings is 9. The quantitative estimate of drug-likeness (QED) is 0.168. The van der Waals surface area contributed by atoms with Gasteiger partial charge in [0, 0.05) is 27.9 Å². The normalized spacial score (nSPS) is 11.6. The molecular weight excluding hydrogens is 679 g/mol. The van der Waals surface area contributed by atoms with Gasteiger partial charge in [-0.25, -0.2) is 4.98 Å². The van der Waals surface area contributed by atoms with E-state index in [4.69, 9.17) is 4.98 Å². The van der Waals surface area contributed by atoms with Gasteiger partial charge in [0.25, 0.3) is 0 Å². The predicted octanol–water partition coefficient (Wildman–Crippen LogP) is 13.9. The summed E-state index contributed by atoms with van der Waals surface area (Å²) in [4.78, 5) is 5.15. The zero-order valence-corrected chi connectivity index (χ0v) is 30.5. The van der Waals surface area contributed by atoms with Gasteiger partial charge in [-0.2, -0.15) is 0 Å². The van der Waals surface area contributed by atoms with Crippen LogP contribution in [-0.4, -0.2) is 14.1 Å². The third-order valence-electron chi connectivity index (χ3n) is 11.1. The summed E-state index contributed by atoms with van der Waals surface area (Å²) in [5.74, 6) is 0.919. The number of nitrogens with zero attached hydrogens (tertiary/aromatic N) is 3. The first-order chi connectivity index (χ1) is 27.8. The second-order valence-electron chi connectivity index (χ2n) is 14.4. The zero-order chi connectivity index (χ0) is 37.0. The van der Waals surface area contributed by atoms with Crippen LogP contribution in [0, 0.1) is 0 Å². The summed E-state index contributed by atoms with van der Waals surface area (Å²) in [6.07, 6.45) is 0. The van der Waals surface area contributed by atoms with Gasteiger partial charge in [-0.1, -0.05) is 146 Å². The lowest BCUT2D eigenvalue weighted by Crippen LogP contribution is -1.99. The number of hydrogen-bond donors (Lipinski definition) is 0. The van der Waals surface area contributed by atoms with Crippen molar-refractivity contribution in [2.45, 2.75) is 0 Å². The molecule has 0 spiro atoms. The minimum Gasteiger partial charge on any atom is -0.309 e. The lowest BCUT2D eigenvalue weighted by atomic mass is 9.93. The Kier molecular flexibility index (Phi) is 7.49. The fraction of sp³-hybridized carbons (Fsp3) is 0. The second-order valence-corrected chi connectivity index (χ2v) is 14.4. The van der Waals surface area contributed by atoms with Crippen LogP contribution in [-0.2, 0) is 0 Å². The number of para-hydroxylation sites is 3. The number of imidazole rings is 1. The minimum atomic E-state index is 0.919. The van der Waals surface area contributed by atoms with Gasteiger partial charge in [0.1, 0.15) is 5.82 Å². The number of rotatable bonds is 6. The summed E-state index contributed by atoms with van der Waals surface area (Å²) in [5.41, 5.74) is 13.6. The molecule has 3 nitrogen and oxygen atoms in total. The number of aromatic nitrogens is 3. The summed E-state index contributed by atoms with van der Waals surface area (Å²) in [5, 5.41) is 6.19. The average Bonchev–Trinajstić information content (AvgIpc) is 3.84. The Labute approximate surface area is 325 Å². The van der Waals surface area contributed by atoms with E-state index in [0.29, 0.717) is 0 Å². The van der Waals surface area contributed by atoms with Gasteiger partial charge in [0.05, 0.1) is 22.2 Å². The first kappa shape index (κ1) is 32.0. The summed E-state index contributed by atoms with van der Waals surface area (Å²) in [6.45, 7) is 0.